The Hall–Kier alpha value is -3.82. The Morgan fingerprint density at radius 1 is 1.05 bits per heavy atom. The molecule has 3 aliphatic rings. The number of carbonyl (C=O) groups is 2. The number of β-amino-alcohol motifs (C(OH)–C–C–N with tert-alkyl or cyclic N) is 1. The van der Waals surface area contributed by atoms with Gasteiger partial charge in [0.1, 0.15) is 10.8 Å². The number of benzene rings is 3. The molecule has 2 N–H and O–H groups in total. The third-order valence-electron chi connectivity index (χ3n) is 8.55. The van der Waals surface area contributed by atoms with Gasteiger partial charge < -0.3 is 20.2 Å². The smallest absolute Gasteiger partial charge is 0.321 e. The zero-order valence-electron chi connectivity index (χ0n) is 22.8. The van der Waals surface area contributed by atoms with Crippen molar-refractivity contribution < 1.29 is 19.1 Å². The molecule has 1 saturated heterocycles. The number of anilines is 1. The minimum Gasteiger partial charge on any atom is -0.391 e. The van der Waals surface area contributed by atoms with E-state index in [4.69, 9.17) is 4.98 Å². The highest BCUT2D eigenvalue weighted by atomic mass is 32.1. The lowest BCUT2D eigenvalue weighted by Crippen LogP contribution is -2.38. The maximum atomic E-state index is 15.3. The quantitative estimate of drug-likeness (QED) is 0.300. The van der Waals surface area contributed by atoms with Gasteiger partial charge in [-0.05, 0) is 85.5 Å². The minimum atomic E-state index is -0.518. The van der Waals surface area contributed by atoms with Crippen LogP contribution < -0.4 is 5.32 Å². The van der Waals surface area contributed by atoms with Gasteiger partial charge in [-0.1, -0.05) is 24.3 Å². The van der Waals surface area contributed by atoms with E-state index in [1.165, 1.54) is 33.4 Å². The van der Waals surface area contributed by atoms with Crippen LogP contribution in [0.15, 0.2) is 54.6 Å². The maximum Gasteiger partial charge on any atom is 0.321 e. The average Bonchev–Trinajstić information content (AvgIpc) is 3.58. The van der Waals surface area contributed by atoms with Gasteiger partial charge in [0.2, 0.25) is 0 Å². The van der Waals surface area contributed by atoms with Crippen LogP contribution in [-0.4, -0.2) is 57.6 Å². The molecule has 41 heavy (non-hydrogen) atoms. The van der Waals surface area contributed by atoms with Gasteiger partial charge >= 0.3 is 6.03 Å². The van der Waals surface area contributed by atoms with Crippen molar-refractivity contribution in [1.82, 2.24) is 14.8 Å². The lowest BCUT2D eigenvalue weighted by molar-refractivity contribution is 0.0677. The number of carbonyl (C=O) groups excluding carboxylic acids is 2. The molecule has 7 rings (SSSR count). The van der Waals surface area contributed by atoms with Gasteiger partial charge in [0.25, 0.3) is 5.91 Å². The molecule has 0 spiro atoms. The van der Waals surface area contributed by atoms with Crippen LogP contribution in [0.3, 0.4) is 0 Å². The first-order valence-corrected chi connectivity index (χ1v) is 15.0. The number of urea groups is 1. The van der Waals surface area contributed by atoms with Crippen molar-refractivity contribution in [3.63, 3.8) is 0 Å². The van der Waals surface area contributed by atoms with Crippen molar-refractivity contribution in [2.45, 2.75) is 50.7 Å². The van der Waals surface area contributed by atoms with Gasteiger partial charge in [-0.15, -0.1) is 11.3 Å². The summed E-state index contributed by atoms with van der Waals surface area (Å²) in [4.78, 5) is 34.6. The van der Waals surface area contributed by atoms with Gasteiger partial charge in [-0.25, -0.2) is 14.2 Å². The number of likely N-dealkylation sites (tertiary alicyclic amines) is 1. The number of rotatable bonds is 4. The standard InChI is InChI=1S/C32H31FN4O3S/c1-18-24-5-3-2-4-19(24)10-13-37(18)31(39)21-14-26(20-6-7-20)29-28(15-21)41-30(35-29)25-9-8-22(16-27(25)33)34-32(40)36-12-11-23(38)17-36/h2-5,8-9,14-16,18,20,23,38H,6-7,10-13,17H2,1H3,(H,34,40)/t18-,23-/m1/s1. The Labute approximate surface area is 241 Å². The predicted molar refractivity (Wildman–Crippen MR) is 158 cm³/mol. The molecule has 1 aliphatic carbocycles. The van der Waals surface area contributed by atoms with Crippen LogP contribution >= 0.6 is 11.3 Å². The molecule has 4 aromatic rings. The fraction of sp³-hybridized carbons (Fsp3) is 0.344. The summed E-state index contributed by atoms with van der Waals surface area (Å²) in [6, 6.07) is 16.5. The van der Waals surface area contributed by atoms with Gasteiger partial charge in [-0.3, -0.25) is 4.79 Å². The number of aromatic nitrogens is 1. The minimum absolute atomic E-state index is 0.00631. The highest BCUT2D eigenvalue weighted by Gasteiger charge is 2.32. The molecule has 2 atom stereocenters. The van der Waals surface area contributed by atoms with E-state index >= 15 is 4.39 Å². The van der Waals surface area contributed by atoms with Crippen molar-refractivity contribution in [3.8, 4) is 10.6 Å². The molecule has 3 aromatic carbocycles. The summed E-state index contributed by atoms with van der Waals surface area (Å²) in [5.74, 6) is -0.0952. The highest BCUT2D eigenvalue weighted by Crippen LogP contribution is 2.46. The third-order valence-corrected chi connectivity index (χ3v) is 9.58. The van der Waals surface area contributed by atoms with E-state index in [2.05, 4.69) is 24.4 Å². The number of amides is 3. The summed E-state index contributed by atoms with van der Waals surface area (Å²) < 4.78 is 16.2. The Morgan fingerprint density at radius 3 is 2.63 bits per heavy atom. The van der Waals surface area contributed by atoms with E-state index in [-0.39, 0.29) is 24.5 Å². The van der Waals surface area contributed by atoms with Crippen LogP contribution in [0.4, 0.5) is 14.9 Å². The summed E-state index contributed by atoms with van der Waals surface area (Å²) in [5.41, 5.74) is 5.77. The van der Waals surface area contributed by atoms with Crippen LogP contribution in [0.5, 0.6) is 0 Å². The van der Waals surface area contributed by atoms with E-state index in [9.17, 15) is 14.7 Å². The van der Waals surface area contributed by atoms with Gasteiger partial charge in [-0.2, -0.15) is 0 Å². The molecule has 1 aromatic heterocycles. The van der Waals surface area contributed by atoms with Gasteiger partial charge in [0, 0.05) is 36.4 Å². The fourth-order valence-corrected chi connectivity index (χ4v) is 7.18. The lowest BCUT2D eigenvalue weighted by Gasteiger charge is -2.35. The van der Waals surface area contributed by atoms with Crippen molar-refractivity contribution in [3.05, 3.63) is 82.7 Å². The molecule has 210 valence electrons. The summed E-state index contributed by atoms with van der Waals surface area (Å²) in [6.07, 6.45) is 2.98. The summed E-state index contributed by atoms with van der Waals surface area (Å²) in [5, 5.41) is 13.0. The molecule has 2 fully saturated rings. The van der Waals surface area contributed by atoms with Crippen LogP contribution in [0.25, 0.3) is 20.8 Å². The zero-order valence-corrected chi connectivity index (χ0v) is 23.6. The van der Waals surface area contributed by atoms with E-state index in [0.29, 0.717) is 47.3 Å². The lowest BCUT2D eigenvalue weighted by atomic mass is 9.93. The second-order valence-corrected chi connectivity index (χ2v) is 12.4. The summed E-state index contributed by atoms with van der Waals surface area (Å²) in [6.45, 7) is 3.51. The number of thiazole rings is 1. The highest BCUT2D eigenvalue weighted by molar-refractivity contribution is 7.21. The molecule has 1 saturated carbocycles. The van der Waals surface area contributed by atoms with E-state index < -0.39 is 11.9 Å². The van der Waals surface area contributed by atoms with Crippen molar-refractivity contribution in [2.75, 3.05) is 25.0 Å². The Bertz CT molecular complexity index is 1680. The number of hydrogen-bond donors (Lipinski definition) is 2. The number of aliphatic hydroxyl groups excluding tert-OH is 1. The van der Waals surface area contributed by atoms with Crippen molar-refractivity contribution in [2.24, 2.45) is 0 Å². The number of aliphatic hydroxyl groups is 1. The second kappa shape index (κ2) is 10.2. The van der Waals surface area contributed by atoms with Crippen LogP contribution in [0.1, 0.15) is 65.2 Å². The van der Waals surface area contributed by atoms with Gasteiger partial charge in [0.15, 0.2) is 0 Å². The first-order valence-electron chi connectivity index (χ1n) is 14.2. The van der Waals surface area contributed by atoms with E-state index in [0.717, 1.165) is 35.0 Å². The number of fused-ring (bicyclic) bond motifs is 2. The molecule has 7 nitrogen and oxygen atoms in total. The largest absolute Gasteiger partial charge is 0.391 e. The van der Waals surface area contributed by atoms with E-state index in [1.54, 1.807) is 12.1 Å². The molecule has 0 bridgehead atoms. The summed E-state index contributed by atoms with van der Waals surface area (Å²) in [7, 11) is 0. The first kappa shape index (κ1) is 26.1. The molecule has 2 aliphatic heterocycles. The molecule has 3 heterocycles. The summed E-state index contributed by atoms with van der Waals surface area (Å²) >= 11 is 1.39. The molecular formula is C32H31FN4O3S. The van der Waals surface area contributed by atoms with Crippen LogP contribution in [0, 0.1) is 5.82 Å². The molecular weight excluding hydrogens is 539 g/mol. The Balaban J connectivity index is 1.17. The van der Waals surface area contributed by atoms with Gasteiger partial charge in [0.05, 0.1) is 22.4 Å². The SMILES string of the molecule is C[C@@H]1c2ccccc2CCN1C(=O)c1cc(C2CC2)c2nc(-c3ccc(NC(=O)N4CC[C@@H](O)C4)cc3F)sc2c1. The predicted octanol–water partition coefficient (Wildman–Crippen LogP) is 6.34. The number of nitrogens with zero attached hydrogens (tertiary/aromatic N) is 3. The van der Waals surface area contributed by atoms with E-state index in [1.807, 2.05) is 29.2 Å². The first-order chi connectivity index (χ1) is 19.9. The number of hydrogen-bond acceptors (Lipinski definition) is 5. The monoisotopic (exact) mass is 570 g/mol. The number of nitrogens with one attached hydrogen (secondary N) is 1. The van der Waals surface area contributed by atoms with Crippen LogP contribution in [0.2, 0.25) is 0 Å². The van der Waals surface area contributed by atoms with Crippen molar-refractivity contribution in [1.29, 1.82) is 0 Å². The maximum absolute atomic E-state index is 15.3. The number of halogens is 1. The third kappa shape index (κ3) is 4.87. The topological polar surface area (TPSA) is 85.8 Å². The Morgan fingerprint density at radius 2 is 1.88 bits per heavy atom. The van der Waals surface area contributed by atoms with Crippen molar-refractivity contribution >= 4 is 39.2 Å². The Kier molecular flexibility index (Phi) is 6.51. The molecule has 3 amide bonds. The fourth-order valence-electron chi connectivity index (χ4n) is 6.11. The average molecular weight is 571 g/mol. The normalized spacial score (nSPS) is 20.4. The zero-order chi connectivity index (χ0) is 28.2. The second-order valence-electron chi connectivity index (χ2n) is 11.3. The molecule has 0 unspecified atom stereocenters. The van der Waals surface area contributed by atoms with Crippen LogP contribution in [-0.2, 0) is 6.42 Å². The molecule has 0 radical (unpaired) electrons. The molecule has 9 heteroatoms.